The summed E-state index contributed by atoms with van der Waals surface area (Å²) >= 11 is 3.08. The van der Waals surface area contributed by atoms with Gasteiger partial charge in [-0.25, -0.2) is 4.79 Å². The van der Waals surface area contributed by atoms with E-state index < -0.39 is 16.9 Å². The van der Waals surface area contributed by atoms with Crippen molar-refractivity contribution in [2.45, 2.75) is 0 Å². The van der Waals surface area contributed by atoms with Crippen molar-refractivity contribution in [1.29, 1.82) is 0 Å². The Balaban J connectivity index is 3.09. The molecule has 5 N–H and O–H groups in total. The van der Waals surface area contributed by atoms with E-state index in [0.717, 1.165) is 0 Å². The maximum atomic E-state index is 11.2. The number of carbonyl (C=O) groups excluding carboxylic acids is 1. The smallest absolute Gasteiger partial charge is 0.348 e. The van der Waals surface area contributed by atoms with Gasteiger partial charge in [0.1, 0.15) is 5.69 Å². The number of guanidine groups is 1. The third kappa shape index (κ3) is 3.41. The molecule has 0 aliphatic rings. The van der Waals surface area contributed by atoms with E-state index in [1.54, 1.807) is 0 Å². The van der Waals surface area contributed by atoms with Crippen molar-refractivity contribution in [3.8, 4) is 0 Å². The summed E-state index contributed by atoms with van der Waals surface area (Å²) in [5, 5.41) is 12.9. The lowest BCUT2D eigenvalue weighted by molar-refractivity contribution is -0.384. The van der Waals surface area contributed by atoms with Crippen molar-refractivity contribution < 1.29 is 9.72 Å². The van der Waals surface area contributed by atoms with Gasteiger partial charge in [-0.2, -0.15) is 4.99 Å². The fourth-order valence-corrected chi connectivity index (χ4v) is 1.50. The van der Waals surface area contributed by atoms with Gasteiger partial charge in [0.15, 0.2) is 5.96 Å². The van der Waals surface area contributed by atoms with Gasteiger partial charge < -0.3 is 11.5 Å². The lowest BCUT2D eigenvalue weighted by Gasteiger charge is -2.05. The summed E-state index contributed by atoms with van der Waals surface area (Å²) in [6, 6.07) is 3.37. The molecule has 0 bridgehead atoms. The summed E-state index contributed by atoms with van der Waals surface area (Å²) in [4.78, 5) is 24.5. The standard InChI is InChI=1S/C8H8BrN5O3/c9-4-2-1-3-5(14(16)17)6(4)12-8(15)13-7(10)11/h1-3H,(H5,10,11,12,13,15). The molecule has 0 saturated carbocycles. The molecule has 2 amide bonds. The first-order chi connectivity index (χ1) is 7.91. The Bertz CT molecular complexity index is 498. The van der Waals surface area contributed by atoms with E-state index >= 15 is 0 Å². The van der Waals surface area contributed by atoms with Crippen molar-refractivity contribution >= 4 is 39.3 Å². The molecule has 0 aromatic heterocycles. The third-order valence-electron chi connectivity index (χ3n) is 1.65. The van der Waals surface area contributed by atoms with Crippen LogP contribution in [0.3, 0.4) is 0 Å². The number of nitro groups is 1. The molecule has 8 nitrogen and oxygen atoms in total. The highest BCUT2D eigenvalue weighted by Crippen LogP contribution is 2.32. The van der Waals surface area contributed by atoms with Gasteiger partial charge >= 0.3 is 6.03 Å². The number of benzene rings is 1. The molecule has 0 unspecified atom stereocenters. The molecule has 0 heterocycles. The number of hydrogen-bond acceptors (Lipinski definition) is 3. The number of urea groups is 1. The molecule has 1 rings (SSSR count). The lowest BCUT2D eigenvalue weighted by Crippen LogP contribution is -2.25. The number of para-hydroxylation sites is 1. The van der Waals surface area contributed by atoms with E-state index in [1.807, 2.05) is 0 Å². The number of carbonyl (C=O) groups is 1. The highest BCUT2D eigenvalue weighted by atomic mass is 79.9. The van der Waals surface area contributed by atoms with Crippen LogP contribution in [0.2, 0.25) is 0 Å². The molecule has 0 aliphatic carbocycles. The van der Waals surface area contributed by atoms with Gasteiger partial charge in [0.05, 0.1) is 4.92 Å². The summed E-state index contributed by atoms with van der Waals surface area (Å²) in [6.45, 7) is 0. The normalized spacial score (nSPS) is 9.47. The van der Waals surface area contributed by atoms with Crippen LogP contribution in [0.15, 0.2) is 27.7 Å². The second kappa shape index (κ2) is 5.25. The largest absolute Gasteiger partial charge is 0.370 e. The second-order valence-electron chi connectivity index (χ2n) is 2.86. The number of nitro benzene ring substituents is 1. The Kier molecular flexibility index (Phi) is 3.99. The number of amides is 2. The Labute approximate surface area is 104 Å². The van der Waals surface area contributed by atoms with Gasteiger partial charge in [-0.3, -0.25) is 15.4 Å². The zero-order valence-electron chi connectivity index (χ0n) is 8.38. The summed E-state index contributed by atoms with van der Waals surface area (Å²) in [7, 11) is 0. The van der Waals surface area contributed by atoms with Crippen LogP contribution in [-0.2, 0) is 0 Å². The maximum absolute atomic E-state index is 11.2. The minimum atomic E-state index is -0.889. The molecule has 0 atom stereocenters. The van der Waals surface area contributed by atoms with Crippen LogP contribution in [0.25, 0.3) is 0 Å². The first kappa shape index (κ1) is 12.9. The molecule has 0 saturated heterocycles. The summed E-state index contributed by atoms with van der Waals surface area (Å²) in [6.07, 6.45) is 0. The molecule has 0 fully saturated rings. The van der Waals surface area contributed by atoms with Crippen molar-refractivity contribution in [3.63, 3.8) is 0 Å². The zero-order chi connectivity index (χ0) is 13.0. The van der Waals surface area contributed by atoms with Crippen LogP contribution < -0.4 is 16.8 Å². The van der Waals surface area contributed by atoms with Crippen LogP contribution in [-0.4, -0.2) is 16.9 Å². The van der Waals surface area contributed by atoms with Crippen molar-refractivity contribution in [2.24, 2.45) is 16.5 Å². The average molecular weight is 302 g/mol. The monoisotopic (exact) mass is 301 g/mol. The van der Waals surface area contributed by atoms with E-state index in [9.17, 15) is 14.9 Å². The van der Waals surface area contributed by atoms with Crippen molar-refractivity contribution in [2.75, 3.05) is 5.32 Å². The topological polar surface area (TPSA) is 137 Å². The number of aliphatic imine (C=N–C) groups is 1. The molecule has 0 radical (unpaired) electrons. The molecule has 1 aromatic rings. The SMILES string of the molecule is NC(N)=NC(=O)Nc1c(Br)cccc1[N+](=O)[O-]. The van der Waals surface area contributed by atoms with Gasteiger partial charge in [-0.1, -0.05) is 6.07 Å². The maximum Gasteiger partial charge on any atom is 0.348 e. The van der Waals surface area contributed by atoms with E-state index in [-0.39, 0.29) is 11.4 Å². The van der Waals surface area contributed by atoms with Crippen molar-refractivity contribution in [3.05, 3.63) is 32.8 Å². The van der Waals surface area contributed by atoms with Gasteiger partial charge in [-0.15, -0.1) is 0 Å². The van der Waals surface area contributed by atoms with Gasteiger partial charge in [-0.05, 0) is 22.0 Å². The minimum Gasteiger partial charge on any atom is -0.370 e. The third-order valence-corrected chi connectivity index (χ3v) is 2.31. The minimum absolute atomic E-state index is 0.00694. The fourth-order valence-electron chi connectivity index (χ4n) is 1.04. The second-order valence-corrected chi connectivity index (χ2v) is 3.71. The molecule has 9 heteroatoms. The van der Waals surface area contributed by atoms with Gasteiger partial charge in [0, 0.05) is 10.5 Å². The summed E-state index contributed by atoms with van der Waals surface area (Å²) in [5.41, 5.74) is 9.74. The van der Waals surface area contributed by atoms with E-state index in [0.29, 0.717) is 4.47 Å². The number of nitrogens with two attached hydrogens (primary N) is 2. The van der Waals surface area contributed by atoms with Crippen molar-refractivity contribution in [1.82, 2.24) is 0 Å². The first-order valence-corrected chi connectivity index (χ1v) is 5.04. The van der Waals surface area contributed by atoms with Crippen LogP contribution >= 0.6 is 15.9 Å². The van der Waals surface area contributed by atoms with Gasteiger partial charge in [0.25, 0.3) is 5.69 Å². The lowest BCUT2D eigenvalue weighted by atomic mass is 10.3. The highest BCUT2D eigenvalue weighted by molar-refractivity contribution is 9.10. The van der Waals surface area contributed by atoms with E-state index in [2.05, 4.69) is 26.2 Å². The molecule has 0 spiro atoms. The Morgan fingerprint density at radius 2 is 2.12 bits per heavy atom. The van der Waals surface area contributed by atoms with E-state index in [1.165, 1.54) is 18.2 Å². The fraction of sp³-hybridized carbons (Fsp3) is 0. The van der Waals surface area contributed by atoms with Crippen LogP contribution in [0, 0.1) is 10.1 Å². The predicted molar refractivity (Wildman–Crippen MR) is 65.6 cm³/mol. The zero-order valence-corrected chi connectivity index (χ0v) is 9.97. The van der Waals surface area contributed by atoms with Crippen LogP contribution in [0.1, 0.15) is 0 Å². The Hall–Kier alpha value is -2.16. The summed E-state index contributed by atoms with van der Waals surface area (Å²) in [5.74, 6) is -0.433. The van der Waals surface area contributed by atoms with Crippen LogP contribution in [0.4, 0.5) is 16.2 Å². The number of anilines is 1. The molecule has 90 valence electrons. The number of hydrogen-bond donors (Lipinski definition) is 3. The molecule has 17 heavy (non-hydrogen) atoms. The molecule has 1 aromatic carbocycles. The van der Waals surface area contributed by atoms with Gasteiger partial charge in [0.2, 0.25) is 0 Å². The molecular formula is C8H8BrN5O3. The Morgan fingerprint density at radius 1 is 1.47 bits per heavy atom. The molecular weight excluding hydrogens is 294 g/mol. The number of nitrogens with one attached hydrogen (secondary N) is 1. The Morgan fingerprint density at radius 3 is 2.65 bits per heavy atom. The quantitative estimate of drug-likeness (QED) is 0.326. The number of nitrogens with zero attached hydrogens (tertiary/aromatic N) is 2. The van der Waals surface area contributed by atoms with E-state index in [4.69, 9.17) is 11.5 Å². The number of rotatable bonds is 2. The molecule has 0 aliphatic heterocycles. The predicted octanol–water partition coefficient (Wildman–Crippen LogP) is 1.16. The summed E-state index contributed by atoms with van der Waals surface area (Å²) < 4.78 is 0.353. The highest BCUT2D eigenvalue weighted by Gasteiger charge is 2.18. The first-order valence-electron chi connectivity index (χ1n) is 4.25. The average Bonchev–Trinajstić information content (AvgIpc) is 2.19. The number of halogens is 1. The van der Waals surface area contributed by atoms with Crippen LogP contribution in [0.5, 0.6) is 0 Å².